The molecule has 0 aliphatic rings. The number of amides is 1. The number of rotatable bonds is 4. The first-order valence-electron chi connectivity index (χ1n) is 5.30. The molecule has 0 saturated heterocycles. The Morgan fingerprint density at radius 1 is 1.33 bits per heavy atom. The minimum atomic E-state index is -0.0226. The summed E-state index contributed by atoms with van der Waals surface area (Å²) in [6, 6.07) is 3.65. The highest BCUT2D eigenvalue weighted by atomic mass is 16.1. The summed E-state index contributed by atoms with van der Waals surface area (Å²) in [6.07, 6.45) is 4.25. The Labute approximate surface area is 90.9 Å². The van der Waals surface area contributed by atoms with Gasteiger partial charge < -0.3 is 5.32 Å². The zero-order valence-electron chi connectivity index (χ0n) is 9.53. The van der Waals surface area contributed by atoms with E-state index in [0.29, 0.717) is 11.5 Å². The number of carbonyl (C=O) groups is 1. The molecule has 1 amide bonds. The molecule has 3 heteroatoms. The molecule has 0 aromatic carbocycles. The highest BCUT2D eigenvalue weighted by molar-refractivity contribution is 5.94. The Kier molecular flexibility index (Phi) is 4.28. The number of pyridine rings is 1. The van der Waals surface area contributed by atoms with Crippen LogP contribution in [0, 0.1) is 5.92 Å². The molecule has 82 valence electrons. The van der Waals surface area contributed by atoms with Crippen LogP contribution in [0.15, 0.2) is 24.5 Å². The van der Waals surface area contributed by atoms with Crippen molar-refractivity contribution in [1.82, 2.24) is 10.3 Å². The van der Waals surface area contributed by atoms with Crippen LogP contribution in [0.3, 0.4) is 0 Å². The molecule has 1 rings (SSSR count). The lowest BCUT2D eigenvalue weighted by molar-refractivity contribution is 0.0936. The smallest absolute Gasteiger partial charge is 0.251 e. The van der Waals surface area contributed by atoms with Crippen molar-refractivity contribution in [2.75, 3.05) is 0 Å². The number of hydrogen-bond donors (Lipinski definition) is 1. The van der Waals surface area contributed by atoms with Gasteiger partial charge in [-0.2, -0.15) is 0 Å². The van der Waals surface area contributed by atoms with E-state index in [2.05, 4.69) is 24.1 Å². The van der Waals surface area contributed by atoms with Gasteiger partial charge >= 0.3 is 0 Å². The Hall–Kier alpha value is -1.38. The van der Waals surface area contributed by atoms with Crippen LogP contribution in [0.2, 0.25) is 0 Å². The summed E-state index contributed by atoms with van der Waals surface area (Å²) in [5, 5.41) is 2.96. The maximum atomic E-state index is 11.7. The van der Waals surface area contributed by atoms with Crippen LogP contribution >= 0.6 is 0 Å². The fourth-order valence-electron chi connectivity index (χ4n) is 1.58. The van der Waals surface area contributed by atoms with E-state index in [1.165, 1.54) is 0 Å². The average molecular weight is 206 g/mol. The van der Waals surface area contributed by atoms with Gasteiger partial charge in [-0.3, -0.25) is 9.78 Å². The molecule has 1 aromatic rings. The number of aromatic nitrogens is 1. The quantitative estimate of drug-likeness (QED) is 0.821. The monoisotopic (exact) mass is 206 g/mol. The van der Waals surface area contributed by atoms with Gasteiger partial charge in [0.15, 0.2) is 0 Å². The maximum absolute atomic E-state index is 11.7. The first-order valence-corrected chi connectivity index (χ1v) is 5.30. The van der Waals surface area contributed by atoms with Gasteiger partial charge in [-0.1, -0.05) is 13.8 Å². The van der Waals surface area contributed by atoms with E-state index < -0.39 is 0 Å². The van der Waals surface area contributed by atoms with Crippen LogP contribution in [0.5, 0.6) is 0 Å². The van der Waals surface area contributed by atoms with Gasteiger partial charge in [0.05, 0.1) is 0 Å². The molecule has 1 atom stereocenters. The van der Waals surface area contributed by atoms with Crippen LogP contribution in [0.4, 0.5) is 0 Å². The second-order valence-electron chi connectivity index (χ2n) is 4.24. The summed E-state index contributed by atoms with van der Waals surface area (Å²) >= 11 is 0. The molecule has 1 aromatic heterocycles. The lowest BCUT2D eigenvalue weighted by Gasteiger charge is -2.15. The van der Waals surface area contributed by atoms with Gasteiger partial charge in [0, 0.05) is 24.0 Å². The van der Waals surface area contributed by atoms with Crippen LogP contribution in [0.1, 0.15) is 37.6 Å². The van der Waals surface area contributed by atoms with Gasteiger partial charge in [0.2, 0.25) is 0 Å². The molecule has 0 bridgehead atoms. The number of hydrogen-bond acceptors (Lipinski definition) is 2. The van der Waals surface area contributed by atoms with Crippen molar-refractivity contribution in [2.24, 2.45) is 5.92 Å². The Bertz CT molecular complexity index is 309. The van der Waals surface area contributed by atoms with E-state index in [0.717, 1.165) is 6.42 Å². The van der Waals surface area contributed by atoms with Crippen molar-refractivity contribution >= 4 is 5.91 Å². The van der Waals surface area contributed by atoms with Crippen LogP contribution in [-0.4, -0.2) is 16.9 Å². The SMILES string of the molecule is CC(C)C[C@@H](C)NC(=O)c1ccncc1. The molecular weight excluding hydrogens is 188 g/mol. The fraction of sp³-hybridized carbons (Fsp3) is 0.500. The third-order valence-electron chi connectivity index (χ3n) is 2.14. The van der Waals surface area contributed by atoms with Crippen LogP contribution in [0.25, 0.3) is 0 Å². The predicted octanol–water partition coefficient (Wildman–Crippen LogP) is 2.25. The largest absolute Gasteiger partial charge is 0.350 e. The fourth-order valence-corrected chi connectivity index (χ4v) is 1.58. The number of nitrogens with one attached hydrogen (secondary N) is 1. The Balaban J connectivity index is 2.49. The molecule has 0 fully saturated rings. The van der Waals surface area contributed by atoms with E-state index >= 15 is 0 Å². The van der Waals surface area contributed by atoms with Gasteiger partial charge in [-0.05, 0) is 31.4 Å². The summed E-state index contributed by atoms with van der Waals surface area (Å²) < 4.78 is 0. The van der Waals surface area contributed by atoms with E-state index in [9.17, 15) is 4.79 Å². The van der Waals surface area contributed by atoms with Crippen LogP contribution in [-0.2, 0) is 0 Å². The van der Waals surface area contributed by atoms with Gasteiger partial charge in [0.1, 0.15) is 0 Å². The number of nitrogens with zero attached hydrogens (tertiary/aromatic N) is 1. The average Bonchev–Trinajstić information content (AvgIpc) is 2.17. The molecule has 0 saturated carbocycles. The highest BCUT2D eigenvalue weighted by Crippen LogP contribution is 2.05. The second kappa shape index (κ2) is 5.49. The predicted molar refractivity (Wildman–Crippen MR) is 60.6 cm³/mol. The molecule has 0 radical (unpaired) electrons. The Morgan fingerprint density at radius 2 is 1.93 bits per heavy atom. The Morgan fingerprint density at radius 3 is 2.47 bits per heavy atom. The lowest BCUT2D eigenvalue weighted by Crippen LogP contribution is -2.33. The molecular formula is C12H18N2O. The molecule has 1 N–H and O–H groups in total. The normalized spacial score (nSPS) is 12.5. The second-order valence-corrected chi connectivity index (χ2v) is 4.24. The minimum absolute atomic E-state index is 0.0226. The van der Waals surface area contributed by atoms with E-state index in [1.807, 2.05) is 6.92 Å². The van der Waals surface area contributed by atoms with E-state index in [4.69, 9.17) is 0 Å². The van der Waals surface area contributed by atoms with Crippen molar-refractivity contribution in [3.63, 3.8) is 0 Å². The van der Waals surface area contributed by atoms with E-state index in [1.54, 1.807) is 24.5 Å². The standard InChI is InChI=1S/C12H18N2O/c1-9(2)8-10(3)14-12(15)11-4-6-13-7-5-11/h4-7,9-10H,8H2,1-3H3,(H,14,15)/t10-/m1/s1. The molecule has 0 unspecified atom stereocenters. The van der Waals surface area contributed by atoms with Crippen molar-refractivity contribution < 1.29 is 4.79 Å². The molecule has 0 aliphatic carbocycles. The molecule has 0 aliphatic heterocycles. The van der Waals surface area contributed by atoms with E-state index in [-0.39, 0.29) is 11.9 Å². The van der Waals surface area contributed by atoms with Gasteiger partial charge in [-0.25, -0.2) is 0 Å². The zero-order valence-corrected chi connectivity index (χ0v) is 9.53. The molecule has 1 heterocycles. The molecule has 0 spiro atoms. The minimum Gasteiger partial charge on any atom is -0.350 e. The topological polar surface area (TPSA) is 42.0 Å². The van der Waals surface area contributed by atoms with Crippen molar-refractivity contribution in [3.8, 4) is 0 Å². The maximum Gasteiger partial charge on any atom is 0.251 e. The molecule has 15 heavy (non-hydrogen) atoms. The lowest BCUT2D eigenvalue weighted by atomic mass is 10.1. The highest BCUT2D eigenvalue weighted by Gasteiger charge is 2.10. The summed E-state index contributed by atoms with van der Waals surface area (Å²) in [4.78, 5) is 15.6. The van der Waals surface area contributed by atoms with Crippen molar-refractivity contribution in [1.29, 1.82) is 0 Å². The summed E-state index contributed by atoms with van der Waals surface area (Å²) in [6.45, 7) is 6.32. The first kappa shape index (κ1) is 11.7. The van der Waals surface area contributed by atoms with Gasteiger partial charge in [0.25, 0.3) is 5.91 Å². The first-order chi connectivity index (χ1) is 7.09. The van der Waals surface area contributed by atoms with Crippen LogP contribution < -0.4 is 5.32 Å². The molecule has 3 nitrogen and oxygen atoms in total. The summed E-state index contributed by atoms with van der Waals surface area (Å²) in [5.41, 5.74) is 0.667. The third-order valence-corrected chi connectivity index (χ3v) is 2.14. The number of carbonyl (C=O) groups excluding carboxylic acids is 1. The zero-order chi connectivity index (χ0) is 11.3. The third kappa shape index (κ3) is 4.11. The summed E-state index contributed by atoms with van der Waals surface area (Å²) in [5.74, 6) is 0.572. The van der Waals surface area contributed by atoms with Crippen molar-refractivity contribution in [3.05, 3.63) is 30.1 Å². The van der Waals surface area contributed by atoms with Crippen molar-refractivity contribution in [2.45, 2.75) is 33.2 Å². The summed E-state index contributed by atoms with van der Waals surface area (Å²) in [7, 11) is 0. The van der Waals surface area contributed by atoms with Gasteiger partial charge in [-0.15, -0.1) is 0 Å².